The molecule has 1 aromatic rings. The van der Waals surface area contributed by atoms with E-state index >= 15 is 0 Å². The third-order valence-electron chi connectivity index (χ3n) is 2.20. The van der Waals surface area contributed by atoms with E-state index in [-0.39, 0.29) is 11.3 Å². The molecule has 1 aromatic carbocycles. The summed E-state index contributed by atoms with van der Waals surface area (Å²) in [4.78, 5) is 21.3. The van der Waals surface area contributed by atoms with Gasteiger partial charge in [0.2, 0.25) is 6.41 Å². The summed E-state index contributed by atoms with van der Waals surface area (Å²) >= 11 is 0. The largest absolute Gasteiger partial charge is 0.295 e. The van der Waals surface area contributed by atoms with Gasteiger partial charge in [-0.1, -0.05) is 32.9 Å². The second-order valence-corrected chi connectivity index (χ2v) is 4.42. The maximum atomic E-state index is 11.3. The van der Waals surface area contributed by atoms with Crippen molar-refractivity contribution in [3.05, 3.63) is 35.4 Å². The van der Waals surface area contributed by atoms with E-state index in [1.165, 1.54) is 0 Å². The van der Waals surface area contributed by atoms with E-state index < -0.39 is 0 Å². The van der Waals surface area contributed by atoms with Crippen LogP contribution in [-0.4, -0.2) is 12.3 Å². The van der Waals surface area contributed by atoms with E-state index in [1.807, 2.05) is 12.1 Å². The highest BCUT2D eigenvalue weighted by Crippen LogP contribution is 2.21. The second kappa shape index (κ2) is 4.26. The van der Waals surface area contributed by atoms with Crippen LogP contribution in [0.3, 0.4) is 0 Å². The highest BCUT2D eigenvalue weighted by atomic mass is 16.2. The van der Waals surface area contributed by atoms with Crippen molar-refractivity contribution in [1.29, 1.82) is 0 Å². The number of benzene rings is 1. The van der Waals surface area contributed by atoms with Crippen molar-refractivity contribution in [1.82, 2.24) is 5.32 Å². The molecule has 0 atom stereocenters. The van der Waals surface area contributed by atoms with Crippen molar-refractivity contribution < 1.29 is 9.59 Å². The first-order valence-electron chi connectivity index (χ1n) is 4.80. The molecule has 0 heterocycles. The summed E-state index contributed by atoms with van der Waals surface area (Å²) in [6, 6.07) is 7.25. The summed E-state index contributed by atoms with van der Waals surface area (Å²) in [5, 5.41) is 2.10. The Morgan fingerprint density at radius 3 is 2.13 bits per heavy atom. The fourth-order valence-electron chi connectivity index (χ4n) is 1.26. The number of nitrogens with one attached hydrogen (secondary N) is 1. The van der Waals surface area contributed by atoms with Gasteiger partial charge in [0.1, 0.15) is 0 Å². The van der Waals surface area contributed by atoms with E-state index in [1.54, 1.807) is 12.1 Å². The predicted octanol–water partition coefficient (Wildman–Crippen LogP) is 1.87. The lowest BCUT2D eigenvalue weighted by molar-refractivity contribution is -0.108. The van der Waals surface area contributed by atoms with Gasteiger partial charge in [-0.05, 0) is 23.1 Å². The molecule has 0 aliphatic carbocycles. The molecule has 80 valence electrons. The molecular formula is C12H15NO2. The zero-order valence-electron chi connectivity index (χ0n) is 9.20. The second-order valence-electron chi connectivity index (χ2n) is 4.42. The molecule has 2 amide bonds. The number of hydrogen-bond donors (Lipinski definition) is 1. The van der Waals surface area contributed by atoms with Crippen molar-refractivity contribution in [2.75, 3.05) is 0 Å². The van der Waals surface area contributed by atoms with Crippen molar-refractivity contribution in [3.63, 3.8) is 0 Å². The Morgan fingerprint density at radius 1 is 1.20 bits per heavy atom. The van der Waals surface area contributed by atoms with Crippen LogP contribution in [0.1, 0.15) is 36.7 Å². The summed E-state index contributed by atoms with van der Waals surface area (Å²) in [6.45, 7) is 6.31. The smallest absolute Gasteiger partial charge is 0.257 e. The fourth-order valence-corrected chi connectivity index (χ4v) is 1.26. The molecule has 1 rings (SSSR count). The molecule has 0 saturated carbocycles. The normalized spacial score (nSPS) is 10.9. The molecule has 0 aromatic heterocycles. The highest BCUT2D eigenvalue weighted by molar-refractivity contribution is 5.99. The van der Waals surface area contributed by atoms with Gasteiger partial charge in [-0.15, -0.1) is 0 Å². The molecule has 0 aliphatic rings. The lowest BCUT2D eigenvalue weighted by atomic mass is 9.87. The first-order chi connectivity index (χ1) is 6.95. The zero-order chi connectivity index (χ0) is 11.5. The standard InChI is InChI=1S/C12H15NO2/c1-12(2,3)10-6-4-9(5-7-10)11(15)13-8-14/h4-8H,1-3H3,(H,13,14,15). The van der Waals surface area contributed by atoms with Gasteiger partial charge < -0.3 is 0 Å². The maximum Gasteiger partial charge on any atom is 0.257 e. The molecule has 0 spiro atoms. The van der Waals surface area contributed by atoms with E-state index in [0.29, 0.717) is 12.0 Å². The van der Waals surface area contributed by atoms with Gasteiger partial charge in [-0.2, -0.15) is 0 Å². The number of hydrogen-bond acceptors (Lipinski definition) is 2. The Labute approximate surface area is 89.5 Å². The summed E-state index contributed by atoms with van der Waals surface area (Å²) in [5.74, 6) is -0.370. The fraction of sp³-hybridized carbons (Fsp3) is 0.333. The third kappa shape index (κ3) is 2.91. The van der Waals surface area contributed by atoms with Crippen LogP contribution in [0.5, 0.6) is 0 Å². The average Bonchev–Trinajstić information content (AvgIpc) is 2.17. The van der Waals surface area contributed by atoms with Gasteiger partial charge in [0, 0.05) is 5.56 Å². The van der Waals surface area contributed by atoms with Crippen LogP contribution in [0.25, 0.3) is 0 Å². The summed E-state index contributed by atoms with van der Waals surface area (Å²) in [6.07, 6.45) is 0.389. The van der Waals surface area contributed by atoms with E-state index in [4.69, 9.17) is 0 Å². The van der Waals surface area contributed by atoms with Crippen molar-refractivity contribution in [2.24, 2.45) is 0 Å². The van der Waals surface area contributed by atoms with Crippen LogP contribution in [0, 0.1) is 0 Å². The number of amides is 2. The van der Waals surface area contributed by atoms with Gasteiger partial charge in [0.25, 0.3) is 5.91 Å². The molecule has 0 unspecified atom stereocenters. The topological polar surface area (TPSA) is 46.2 Å². The Bertz CT molecular complexity index is 360. The molecule has 0 radical (unpaired) electrons. The summed E-state index contributed by atoms with van der Waals surface area (Å²) < 4.78 is 0. The molecular weight excluding hydrogens is 190 g/mol. The first-order valence-corrected chi connectivity index (χ1v) is 4.80. The van der Waals surface area contributed by atoms with Crippen LogP contribution in [0.2, 0.25) is 0 Å². The zero-order valence-corrected chi connectivity index (χ0v) is 9.20. The monoisotopic (exact) mass is 205 g/mol. The van der Waals surface area contributed by atoms with Gasteiger partial charge >= 0.3 is 0 Å². The quantitative estimate of drug-likeness (QED) is 0.749. The van der Waals surface area contributed by atoms with Crippen LogP contribution >= 0.6 is 0 Å². The molecule has 0 saturated heterocycles. The van der Waals surface area contributed by atoms with Gasteiger partial charge in [0.15, 0.2) is 0 Å². The van der Waals surface area contributed by atoms with Crippen LogP contribution in [0.15, 0.2) is 24.3 Å². The van der Waals surface area contributed by atoms with E-state index in [0.717, 1.165) is 5.56 Å². The third-order valence-corrected chi connectivity index (χ3v) is 2.20. The van der Waals surface area contributed by atoms with Crippen molar-refractivity contribution in [2.45, 2.75) is 26.2 Å². The lowest BCUT2D eigenvalue weighted by Crippen LogP contribution is -2.21. The first kappa shape index (κ1) is 11.4. The minimum atomic E-state index is -0.370. The van der Waals surface area contributed by atoms with Crippen molar-refractivity contribution in [3.8, 4) is 0 Å². The lowest BCUT2D eigenvalue weighted by Gasteiger charge is -2.18. The van der Waals surface area contributed by atoms with Crippen LogP contribution in [0.4, 0.5) is 0 Å². The summed E-state index contributed by atoms with van der Waals surface area (Å²) in [5.41, 5.74) is 1.72. The Hall–Kier alpha value is -1.64. The Balaban J connectivity index is 2.90. The SMILES string of the molecule is CC(C)(C)c1ccc(C(=O)NC=O)cc1. The number of carbonyl (C=O) groups is 2. The highest BCUT2D eigenvalue weighted by Gasteiger charge is 2.13. The predicted molar refractivity (Wildman–Crippen MR) is 58.7 cm³/mol. The molecule has 1 N–H and O–H groups in total. The summed E-state index contributed by atoms with van der Waals surface area (Å²) in [7, 11) is 0. The van der Waals surface area contributed by atoms with Crippen LogP contribution in [-0.2, 0) is 10.2 Å². The molecule has 3 heteroatoms. The molecule has 0 aliphatic heterocycles. The van der Waals surface area contributed by atoms with E-state index in [9.17, 15) is 9.59 Å². The van der Waals surface area contributed by atoms with Gasteiger partial charge in [-0.3, -0.25) is 14.9 Å². The van der Waals surface area contributed by atoms with Gasteiger partial charge in [-0.25, -0.2) is 0 Å². The number of imide groups is 1. The van der Waals surface area contributed by atoms with Crippen molar-refractivity contribution >= 4 is 12.3 Å². The molecule has 15 heavy (non-hydrogen) atoms. The Morgan fingerprint density at radius 2 is 1.73 bits per heavy atom. The molecule has 0 bridgehead atoms. The van der Waals surface area contributed by atoms with Crippen LogP contribution < -0.4 is 5.32 Å². The van der Waals surface area contributed by atoms with E-state index in [2.05, 4.69) is 26.1 Å². The maximum absolute atomic E-state index is 11.3. The minimum absolute atomic E-state index is 0.0691. The molecule has 0 fully saturated rings. The minimum Gasteiger partial charge on any atom is -0.295 e. The Kier molecular flexibility index (Phi) is 3.24. The number of carbonyl (C=O) groups excluding carboxylic acids is 2. The average molecular weight is 205 g/mol. The van der Waals surface area contributed by atoms with Gasteiger partial charge in [0.05, 0.1) is 0 Å². The molecule has 3 nitrogen and oxygen atoms in total. The number of rotatable bonds is 2.